The normalized spacial score (nSPS) is 15.2. The Morgan fingerprint density at radius 2 is 1.40 bits per heavy atom. The summed E-state index contributed by atoms with van der Waals surface area (Å²) in [4.78, 5) is 28.7. The first-order chi connectivity index (χ1) is 14.4. The van der Waals surface area contributed by atoms with Crippen molar-refractivity contribution in [2.45, 2.75) is 13.1 Å². The Kier molecular flexibility index (Phi) is 6.84. The van der Waals surface area contributed by atoms with E-state index in [1.165, 1.54) is 7.05 Å². The molecule has 164 valence electrons. The van der Waals surface area contributed by atoms with E-state index in [-0.39, 0.29) is 11.2 Å². The number of hydrogen-bond acceptors (Lipinski definition) is 7. The summed E-state index contributed by atoms with van der Waals surface area (Å²) in [7, 11) is 8.04. The van der Waals surface area contributed by atoms with Crippen molar-refractivity contribution in [1.82, 2.24) is 18.9 Å². The van der Waals surface area contributed by atoms with E-state index in [0.717, 1.165) is 48.5 Å². The molecule has 1 aliphatic rings. The van der Waals surface area contributed by atoms with Crippen molar-refractivity contribution < 1.29 is 14.2 Å². The third kappa shape index (κ3) is 4.36. The Morgan fingerprint density at radius 3 is 1.97 bits per heavy atom. The number of nitrogens with zero attached hydrogens (tertiary/aromatic N) is 4. The zero-order chi connectivity index (χ0) is 21.8. The number of aromatic nitrogens is 2. The van der Waals surface area contributed by atoms with Crippen molar-refractivity contribution in [3.63, 3.8) is 0 Å². The second-order valence-electron chi connectivity index (χ2n) is 7.42. The molecule has 1 aromatic heterocycles. The van der Waals surface area contributed by atoms with E-state index in [0.29, 0.717) is 23.8 Å². The summed E-state index contributed by atoms with van der Waals surface area (Å²) >= 11 is 0. The monoisotopic (exact) mass is 418 g/mol. The molecule has 0 spiro atoms. The first kappa shape index (κ1) is 21.9. The zero-order valence-corrected chi connectivity index (χ0v) is 18.3. The second kappa shape index (κ2) is 9.36. The summed E-state index contributed by atoms with van der Waals surface area (Å²) in [6, 6.07) is 5.44. The predicted octanol–water partition coefficient (Wildman–Crippen LogP) is 0.428. The van der Waals surface area contributed by atoms with Crippen molar-refractivity contribution in [2.24, 2.45) is 14.1 Å². The molecule has 9 heteroatoms. The molecule has 1 fully saturated rings. The Bertz CT molecular complexity index is 1010. The summed E-state index contributed by atoms with van der Waals surface area (Å²) in [6.45, 7) is 4.75. The highest BCUT2D eigenvalue weighted by Crippen LogP contribution is 2.40. The molecular weight excluding hydrogens is 388 g/mol. The Balaban J connectivity index is 1.66. The highest BCUT2D eigenvalue weighted by atomic mass is 16.5. The highest BCUT2D eigenvalue weighted by molar-refractivity contribution is 5.55. The lowest BCUT2D eigenvalue weighted by molar-refractivity contribution is 0.119. The minimum Gasteiger partial charge on any atom is -0.493 e. The number of methoxy groups -OCH3 is 3. The number of benzene rings is 1. The van der Waals surface area contributed by atoms with Crippen LogP contribution in [0, 0.1) is 0 Å². The Labute approximate surface area is 176 Å². The lowest BCUT2D eigenvalue weighted by Crippen LogP contribution is -2.46. The molecule has 1 saturated heterocycles. The van der Waals surface area contributed by atoms with Gasteiger partial charge in [0, 0.05) is 70.7 Å². The number of ether oxygens (including phenoxy) is 3. The molecule has 0 saturated carbocycles. The minimum atomic E-state index is -0.295. The highest BCUT2D eigenvalue weighted by Gasteiger charge is 2.22. The second-order valence-corrected chi connectivity index (χ2v) is 7.42. The molecule has 2 aromatic rings. The van der Waals surface area contributed by atoms with Gasteiger partial charge >= 0.3 is 5.69 Å². The third-order valence-corrected chi connectivity index (χ3v) is 5.66. The summed E-state index contributed by atoms with van der Waals surface area (Å²) in [5, 5.41) is 0. The molecule has 0 radical (unpaired) electrons. The van der Waals surface area contributed by atoms with Gasteiger partial charge in [0.2, 0.25) is 5.75 Å². The van der Waals surface area contributed by atoms with Crippen LogP contribution < -0.4 is 25.5 Å². The van der Waals surface area contributed by atoms with E-state index in [1.54, 1.807) is 39.0 Å². The number of piperazine rings is 1. The summed E-state index contributed by atoms with van der Waals surface area (Å²) in [6.07, 6.45) is 0. The quantitative estimate of drug-likeness (QED) is 0.645. The molecule has 0 atom stereocenters. The molecule has 0 N–H and O–H groups in total. The maximum atomic E-state index is 12.1. The van der Waals surface area contributed by atoms with Crippen LogP contribution in [0.2, 0.25) is 0 Å². The summed E-state index contributed by atoms with van der Waals surface area (Å²) in [5.74, 6) is 1.93. The fourth-order valence-corrected chi connectivity index (χ4v) is 3.79. The van der Waals surface area contributed by atoms with E-state index >= 15 is 0 Å². The van der Waals surface area contributed by atoms with Gasteiger partial charge in [-0.2, -0.15) is 0 Å². The van der Waals surface area contributed by atoms with Crippen molar-refractivity contribution in [1.29, 1.82) is 0 Å². The van der Waals surface area contributed by atoms with Crippen molar-refractivity contribution >= 4 is 0 Å². The van der Waals surface area contributed by atoms with Crippen LogP contribution in [-0.4, -0.2) is 66.4 Å². The van der Waals surface area contributed by atoms with E-state index in [1.807, 2.05) is 12.1 Å². The molecule has 2 heterocycles. The fraction of sp³-hybridized carbons (Fsp3) is 0.524. The van der Waals surface area contributed by atoms with Crippen LogP contribution in [0.15, 0.2) is 27.8 Å². The first-order valence-electron chi connectivity index (χ1n) is 9.88. The van der Waals surface area contributed by atoms with Crippen LogP contribution in [0.3, 0.4) is 0 Å². The number of hydrogen-bond donors (Lipinski definition) is 0. The van der Waals surface area contributed by atoms with Gasteiger partial charge in [-0.15, -0.1) is 0 Å². The van der Waals surface area contributed by atoms with Crippen LogP contribution in [0.1, 0.15) is 11.3 Å². The van der Waals surface area contributed by atoms with Gasteiger partial charge in [-0.05, 0) is 6.07 Å². The third-order valence-electron chi connectivity index (χ3n) is 5.66. The average molecular weight is 418 g/mol. The van der Waals surface area contributed by atoms with Crippen molar-refractivity contribution in [3.8, 4) is 17.2 Å². The molecule has 3 rings (SSSR count). The summed E-state index contributed by atoms with van der Waals surface area (Å²) < 4.78 is 19.1. The van der Waals surface area contributed by atoms with E-state index in [2.05, 4.69) is 9.80 Å². The molecule has 1 aliphatic heterocycles. The maximum Gasteiger partial charge on any atom is 0.330 e. The van der Waals surface area contributed by atoms with Gasteiger partial charge in [0.15, 0.2) is 11.5 Å². The average Bonchev–Trinajstić information content (AvgIpc) is 2.76. The Morgan fingerprint density at radius 1 is 0.800 bits per heavy atom. The topological polar surface area (TPSA) is 78.2 Å². The van der Waals surface area contributed by atoms with Gasteiger partial charge in [-0.1, -0.05) is 6.07 Å². The predicted molar refractivity (Wildman–Crippen MR) is 114 cm³/mol. The smallest absolute Gasteiger partial charge is 0.330 e. The molecule has 0 aliphatic carbocycles. The molecular formula is C21H30N4O5. The van der Waals surface area contributed by atoms with Gasteiger partial charge in [-0.25, -0.2) is 4.79 Å². The first-order valence-corrected chi connectivity index (χ1v) is 9.88. The maximum absolute atomic E-state index is 12.1. The SMILES string of the molecule is COc1ccc(CN2CCN(Cc3cc(=O)n(C)c(=O)n3C)CC2)c(OC)c1OC. The van der Waals surface area contributed by atoms with Crippen LogP contribution in [0.25, 0.3) is 0 Å². The van der Waals surface area contributed by atoms with Crippen LogP contribution in [0.4, 0.5) is 0 Å². The van der Waals surface area contributed by atoms with Gasteiger partial charge < -0.3 is 14.2 Å². The van der Waals surface area contributed by atoms with Crippen LogP contribution >= 0.6 is 0 Å². The van der Waals surface area contributed by atoms with Crippen LogP contribution in [-0.2, 0) is 27.2 Å². The van der Waals surface area contributed by atoms with Crippen LogP contribution in [0.5, 0.6) is 17.2 Å². The number of rotatable bonds is 7. The molecule has 9 nitrogen and oxygen atoms in total. The lowest BCUT2D eigenvalue weighted by atomic mass is 10.1. The van der Waals surface area contributed by atoms with Gasteiger partial charge in [0.25, 0.3) is 5.56 Å². The van der Waals surface area contributed by atoms with E-state index < -0.39 is 0 Å². The van der Waals surface area contributed by atoms with Gasteiger partial charge in [0.05, 0.1) is 21.3 Å². The lowest BCUT2D eigenvalue weighted by Gasteiger charge is -2.35. The zero-order valence-electron chi connectivity index (χ0n) is 18.3. The molecule has 0 bridgehead atoms. The molecule has 30 heavy (non-hydrogen) atoms. The largest absolute Gasteiger partial charge is 0.493 e. The van der Waals surface area contributed by atoms with E-state index in [9.17, 15) is 9.59 Å². The van der Waals surface area contributed by atoms with Gasteiger partial charge in [0.1, 0.15) is 0 Å². The fourth-order valence-electron chi connectivity index (χ4n) is 3.79. The van der Waals surface area contributed by atoms with Crippen molar-refractivity contribution in [2.75, 3.05) is 47.5 Å². The van der Waals surface area contributed by atoms with E-state index in [4.69, 9.17) is 14.2 Å². The minimum absolute atomic E-state index is 0.271. The molecule has 1 aromatic carbocycles. The standard InChI is InChI=1S/C21H30N4O5/c1-22-16(12-18(26)23(2)21(22)27)14-25-10-8-24(9-11-25)13-15-6-7-17(28-3)20(30-5)19(15)29-4/h6-7,12H,8-11,13-14H2,1-5H3. The Hall–Kier alpha value is -2.78. The molecule has 0 unspecified atom stereocenters. The van der Waals surface area contributed by atoms with Crippen molar-refractivity contribution in [3.05, 3.63) is 50.3 Å². The summed E-state index contributed by atoms with van der Waals surface area (Å²) in [5.41, 5.74) is 1.21. The molecule has 0 amide bonds. The van der Waals surface area contributed by atoms with Gasteiger partial charge in [-0.3, -0.25) is 23.7 Å².